The van der Waals surface area contributed by atoms with E-state index in [9.17, 15) is 9.59 Å². The SMILES string of the molecule is CCC(C)N(CC(C)C(=O)OC)C(=O)c1ccccc1C. The zero-order valence-corrected chi connectivity index (χ0v) is 13.6. The van der Waals surface area contributed by atoms with Gasteiger partial charge in [-0.05, 0) is 31.9 Å². The fourth-order valence-corrected chi connectivity index (χ4v) is 2.22. The van der Waals surface area contributed by atoms with Gasteiger partial charge in [-0.15, -0.1) is 0 Å². The third-order valence-corrected chi connectivity index (χ3v) is 3.83. The second-order valence-electron chi connectivity index (χ2n) is 5.45. The van der Waals surface area contributed by atoms with Crippen LogP contribution in [0.5, 0.6) is 0 Å². The third kappa shape index (κ3) is 4.31. The highest BCUT2D eigenvalue weighted by Gasteiger charge is 2.26. The molecule has 0 aliphatic rings. The fraction of sp³-hybridized carbons (Fsp3) is 0.529. The Morgan fingerprint density at radius 3 is 2.38 bits per heavy atom. The first-order valence-corrected chi connectivity index (χ1v) is 7.36. The molecule has 0 saturated carbocycles. The van der Waals surface area contributed by atoms with E-state index in [0.29, 0.717) is 12.1 Å². The van der Waals surface area contributed by atoms with Crippen molar-refractivity contribution in [2.24, 2.45) is 5.92 Å². The first kappa shape index (κ1) is 17.2. The molecule has 0 fully saturated rings. The Morgan fingerprint density at radius 2 is 1.86 bits per heavy atom. The van der Waals surface area contributed by atoms with Crippen molar-refractivity contribution in [3.8, 4) is 0 Å². The number of carbonyl (C=O) groups is 2. The van der Waals surface area contributed by atoms with Gasteiger partial charge in [-0.25, -0.2) is 0 Å². The van der Waals surface area contributed by atoms with E-state index in [-0.39, 0.29) is 23.8 Å². The Hall–Kier alpha value is -1.84. The summed E-state index contributed by atoms with van der Waals surface area (Å²) in [7, 11) is 1.37. The molecule has 4 heteroatoms. The maximum atomic E-state index is 12.8. The smallest absolute Gasteiger partial charge is 0.310 e. The van der Waals surface area contributed by atoms with E-state index >= 15 is 0 Å². The van der Waals surface area contributed by atoms with Gasteiger partial charge in [0.15, 0.2) is 0 Å². The molecule has 0 aliphatic carbocycles. The van der Waals surface area contributed by atoms with Crippen molar-refractivity contribution in [1.82, 2.24) is 4.90 Å². The summed E-state index contributed by atoms with van der Waals surface area (Å²) in [6.07, 6.45) is 0.839. The molecule has 0 radical (unpaired) electrons. The summed E-state index contributed by atoms with van der Waals surface area (Å²) in [5.74, 6) is -0.656. The van der Waals surface area contributed by atoms with Gasteiger partial charge in [0.25, 0.3) is 5.91 Å². The second kappa shape index (κ2) is 7.81. The topological polar surface area (TPSA) is 46.6 Å². The minimum absolute atomic E-state index is 0.0294. The molecule has 0 N–H and O–H groups in total. The molecule has 0 aromatic heterocycles. The summed E-state index contributed by atoms with van der Waals surface area (Å²) in [4.78, 5) is 26.2. The van der Waals surface area contributed by atoms with Gasteiger partial charge in [0.05, 0.1) is 13.0 Å². The van der Waals surface area contributed by atoms with Crippen molar-refractivity contribution >= 4 is 11.9 Å². The minimum atomic E-state index is -0.336. The van der Waals surface area contributed by atoms with Crippen LogP contribution in [0, 0.1) is 12.8 Å². The lowest BCUT2D eigenvalue weighted by Gasteiger charge is -2.31. The quantitative estimate of drug-likeness (QED) is 0.757. The maximum Gasteiger partial charge on any atom is 0.310 e. The number of hydrogen-bond donors (Lipinski definition) is 0. The fourth-order valence-electron chi connectivity index (χ4n) is 2.22. The highest BCUT2D eigenvalue weighted by Crippen LogP contribution is 2.16. The number of esters is 1. The molecule has 4 nitrogen and oxygen atoms in total. The lowest BCUT2D eigenvalue weighted by atomic mass is 10.0. The molecule has 0 bridgehead atoms. The second-order valence-corrected chi connectivity index (χ2v) is 5.45. The van der Waals surface area contributed by atoms with Crippen molar-refractivity contribution in [2.75, 3.05) is 13.7 Å². The van der Waals surface area contributed by atoms with E-state index in [1.807, 2.05) is 45.0 Å². The van der Waals surface area contributed by atoms with Crippen LogP contribution in [0.1, 0.15) is 43.1 Å². The molecular formula is C17H25NO3. The number of ether oxygens (including phenoxy) is 1. The lowest BCUT2D eigenvalue weighted by molar-refractivity contribution is -0.145. The zero-order valence-electron chi connectivity index (χ0n) is 13.6. The standard InChI is InChI=1S/C17H25NO3/c1-6-14(4)18(11-13(3)17(20)21-5)16(19)15-10-8-7-9-12(15)2/h7-10,13-14H,6,11H2,1-5H3. The van der Waals surface area contributed by atoms with Crippen LogP contribution in [0.25, 0.3) is 0 Å². The summed E-state index contributed by atoms with van der Waals surface area (Å²) < 4.78 is 4.76. The molecule has 21 heavy (non-hydrogen) atoms. The van der Waals surface area contributed by atoms with Crippen LogP contribution in [-0.2, 0) is 9.53 Å². The van der Waals surface area contributed by atoms with E-state index < -0.39 is 0 Å². The average Bonchev–Trinajstić information content (AvgIpc) is 2.50. The Bertz CT molecular complexity index is 499. The summed E-state index contributed by atoms with van der Waals surface area (Å²) >= 11 is 0. The van der Waals surface area contributed by atoms with Gasteiger partial charge >= 0.3 is 5.97 Å². The Labute approximate surface area is 127 Å². The Balaban J connectivity index is 3.00. The predicted octanol–water partition coefficient (Wildman–Crippen LogP) is 3.04. The maximum absolute atomic E-state index is 12.8. The summed E-state index contributed by atoms with van der Waals surface area (Å²) in [6.45, 7) is 8.11. The highest BCUT2D eigenvalue weighted by molar-refractivity contribution is 5.96. The minimum Gasteiger partial charge on any atom is -0.469 e. The molecule has 1 rings (SSSR count). The number of methoxy groups -OCH3 is 1. The Morgan fingerprint density at radius 1 is 1.24 bits per heavy atom. The van der Waals surface area contributed by atoms with Crippen molar-refractivity contribution in [1.29, 1.82) is 0 Å². The first-order chi connectivity index (χ1) is 9.92. The normalized spacial score (nSPS) is 13.4. The molecule has 2 atom stereocenters. The molecule has 0 heterocycles. The summed E-state index contributed by atoms with van der Waals surface area (Å²) in [6, 6.07) is 7.60. The van der Waals surface area contributed by atoms with Crippen molar-refractivity contribution in [3.05, 3.63) is 35.4 Å². The molecular weight excluding hydrogens is 266 g/mol. The van der Waals surface area contributed by atoms with Crippen LogP contribution < -0.4 is 0 Å². The van der Waals surface area contributed by atoms with Gasteiger partial charge in [0.1, 0.15) is 0 Å². The molecule has 0 spiro atoms. The molecule has 1 aromatic carbocycles. The number of hydrogen-bond acceptors (Lipinski definition) is 3. The van der Waals surface area contributed by atoms with Crippen molar-refractivity contribution < 1.29 is 14.3 Å². The van der Waals surface area contributed by atoms with E-state index in [1.165, 1.54) is 7.11 Å². The van der Waals surface area contributed by atoms with Gasteiger partial charge in [-0.1, -0.05) is 32.0 Å². The van der Waals surface area contributed by atoms with Crippen LogP contribution in [0.3, 0.4) is 0 Å². The van der Waals surface area contributed by atoms with Crippen LogP contribution in [-0.4, -0.2) is 36.5 Å². The summed E-state index contributed by atoms with van der Waals surface area (Å²) in [5, 5.41) is 0. The molecule has 1 aromatic rings. The number of benzene rings is 1. The van der Waals surface area contributed by atoms with Crippen LogP contribution in [0.4, 0.5) is 0 Å². The number of nitrogens with zero attached hydrogens (tertiary/aromatic N) is 1. The van der Waals surface area contributed by atoms with Gasteiger partial charge < -0.3 is 9.64 Å². The molecule has 1 amide bonds. The van der Waals surface area contributed by atoms with Crippen LogP contribution >= 0.6 is 0 Å². The zero-order chi connectivity index (χ0) is 16.0. The molecule has 116 valence electrons. The lowest BCUT2D eigenvalue weighted by Crippen LogP contribution is -2.43. The molecule has 0 aliphatic heterocycles. The number of carbonyl (C=O) groups excluding carboxylic acids is 2. The van der Waals surface area contributed by atoms with Gasteiger partial charge in [-0.2, -0.15) is 0 Å². The molecule has 0 saturated heterocycles. The first-order valence-electron chi connectivity index (χ1n) is 7.36. The van der Waals surface area contributed by atoms with Crippen molar-refractivity contribution in [2.45, 2.75) is 40.2 Å². The van der Waals surface area contributed by atoms with Gasteiger partial charge in [0, 0.05) is 18.2 Å². The number of aryl methyl sites for hydroxylation is 1. The monoisotopic (exact) mass is 291 g/mol. The summed E-state index contributed by atoms with van der Waals surface area (Å²) in [5.41, 5.74) is 1.64. The Kier molecular flexibility index (Phi) is 6.40. The average molecular weight is 291 g/mol. The van der Waals surface area contributed by atoms with E-state index in [2.05, 4.69) is 0 Å². The highest BCUT2D eigenvalue weighted by atomic mass is 16.5. The van der Waals surface area contributed by atoms with Gasteiger partial charge in [0.2, 0.25) is 0 Å². The van der Waals surface area contributed by atoms with Crippen molar-refractivity contribution in [3.63, 3.8) is 0 Å². The number of amides is 1. The predicted molar refractivity (Wildman–Crippen MR) is 83.1 cm³/mol. The van der Waals surface area contributed by atoms with Gasteiger partial charge in [-0.3, -0.25) is 9.59 Å². The van der Waals surface area contributed by atoms with Crippen LogP contribution in [0.15, 0.2) is 24.3 Å². The largest absolute Gasteiger partial charge is 0.469 e. The van der Waals surface area contributed by atoms with E-state index in [0.717, 1.165) is 12.0 Å². The molecule has 2 unspecified atom stereocenters. The number of rotatable bonds is 6. The van der Waals surface area contributed by atoms with E-state index in [1.54, 1.807) is 11.8 Å². The third-order valence-electron chi connectivity index (χ3n) is 3.83. The van der Waals surface area contributed by atoms with E-state index in [4.69, 9.17) is 4.74 Å². The van der Waals surface area contributed by atoms with Crippen LogP contribution in [0.2, 0.25) is 0 Å².